The van der Waals surface area contributed by atoms with Crippen molar-refractivity contribution in [3.05, 3.63) is 82.6 Å². The van der Waals surface area contributed by atoms with Crippen LogP contribution in [0.25, 0.3) is 22.1 Å². The number of rotatable bonds is 6. The van der Waals surface area contributed by atoms with Gasteiger partial charge in [-0.3, -0.25) is 0 Å². The minimum absolute atomic E-state index is 0.0801. The molecule has 2 aromatic carbocycles. The summed E-state index contributed by atoms with van der Waals surface area (Å²) in [6, 6.07) is 12.5. The first-order valence-corrected chi connectivity index (χ1v) is 10.0. The maximum absolute atomic E-state index is 14.7. The molecule has 0 aliphatic rings. The fourth-order valence-electron chi connectivity index (χ4n) is 3.54. The van der Waals surface area contributed by atoms with Crippen LogP contribution in [0.15, 0.2) is 54.9 Å². The number of nitrogens with zero attached hydrogens (tertiary/aromatic N) is 2. The highest BCUT2D eigenvalue weighted by Gasteiger charge is 2.14. The van der Waals surface area contributed by atoms with Gasteiger partial charge in [0.2, 0.25) is 0 Å². The average Bonchev–Trinajstić information content (AvgIpc) is 3.38. The Bertz CT molecular complexity index is 1360. The predicted molar refractivity (Wildman–Crippen MR) is 117 cm³/mol. The number of methoxy groups -OCH3 is 1. The van der Waals surface area contributed by atoms with Crippen LogP contribution in [0.5, 0.6) is 11.5 Å². The van der Waals surface area contributed by atoms with E-state index >= 15 is 0 Å². The Kier molecular flexibility index (Phi) is 4.95. The quantitative estimate of drug-likeness (QED) is 0.373. The van der Waals surface area contributed by atoms with Gasteiger partial charge in [0.1, 0.15) is 23.8 Å². The van der Waals surface area contributed by atoms with E-state index in [1.165, 1.54) is 12.1 Å². The number of imidazole rings is 1. The van der Waals surface area contributed by atoms with Gasteiger partial charge in [-0.1, -0.05) is 23.7 Å². The normalized spacial score (nSPS) is 11.3. The van der Waals surface area contributed by atoms with Gasteiger partial charge in [-0.2, -0.15) is 0 Å². The summed E-state index contributed by atoms with van der Waals surface area (Å²) in [5.41, 5.74) is 4.07. The lowest BCUT2D eigenvalue weighted by atomic mass is 10.0. The van der Waals surface area contributed by atoms with Crippen molar-refractivity contribution >= 4 is 33.7 Å². The van der Waals surface area contributed by atoms with Crippen LogP contribution in [0.4, 0.5) is 4.39 Å². The number of H-pyrrole nitrogens is 2. The van der Waals surface area contributed by atoms with Crippen LogP contribution >= 0.6 is 11.6 Å². The Hall–Kier alpha value is -3.58. The zero-order valence-electron chi connectivity index (χ0n) is 16.6. The molecule has 0 spiro atoms. The third-order valence-electron chi connectivity index (χ3n) is 5.11. The summed E-state index contributed by atoms with van der Waals surface area (Å²) in [6.07, 6.45) is 3.93. The summed E-state index contributed by atoms with van der Waals surface area (Å²) < 4.78 is 25.6. The summed E-state index contributed by atoms with van der Waals surface area (Å²) >= 11 is 6.45. The number of pyridine rings is 1. The van der Waals surface area contributed by atoms with E-state index in [0.717, 1.165) is 27.6 Å². The molecule has 0 saturated heterocycles. The molecular weight excluding hydrogens is 419 g/mol. The van der Waals surface area contributed by atoms with Crippen molar-refractivity contribution in [2.45, 2.75) is 13.0 Å². The fraction of sp³-hybridized carbons (Fsp3) is 0.130. The van der Waals surface area contributed by atoms with Crippen molar-refractivity contribution < 1.29 is 13.9 Å². The predicted octanol–water partition coefficient (Wildman–Crippen LogP) is 5.41. The number of nitrogens with one attached hydrogen (secondary N) is 2. The number of aromatic amines is 2. The van der Waals surface area contributed by atoms with Crippen LogP contribution in [0.3, 0.4) is 0 Å². The lowest BCUT2D eigenvalue weighted by molar-refractivity contribution is 0.282. The molecule has 5 rings (SSSR count). The van der Waals surface area contributed by atoms with Crippen molar-refractivity contribution in [1.29, 1.82) is 0 Å². The van der Waals surface area contributed by atoms with Gasteiger partial charge < -0.3 is 19.4 Å². The maximum atomic E-state index is 14.7. The van der Waals surface area contributed by atoms with Crippen molar-refractivity contribution in [3.63, 3.8) is 0 Å². The number of benzene rings is 2. The van der Waals surface area contributed by atoms with Crippen molar-refractivity contribution in [1.82, 2.24) is 19.9 Å². The van der Waals surface area contributed by atoms with Gasteiger partial charge in [0.05, 0.1) is 24.3 Å². The first-order chi connectivity index (χ1) is 15.1. The molecule has 2 N–H and O–H groups in total. The summed E-state index contributed by atoms with van der Waals surface area (Å²) in [5.74, 6) is 0.864. The van der Waals surface area contributed by atoms with E-state index in [1.54, 1.807) is 13.3 Å². The summed E-state index contributed by atoms with van der Waals surface area (Å²) in [7, 11) is 1.59. The van der Waals surface area contributed by atoms with Crippen LogP contribution < -0.4 is 9.47 Å². The van der Waals surface area contributed by atoms with E-state index in [1.807, 2.05) is 36.5 Å². The average molecular weight is 437 g/mol. The van der Waals surface area contributed by atoms with Crippen LogP contribution in [-0.2, 0) is 13.0 Å². The van der Waals surface area contributed by atoms with E-state index in [-0.39, 0.29) is 12.4 Å². The van der Waals surface area contributed by atoms with Gasteiger partial charge in [0.15, 0.2) is 11.6 Å². The Morgan fingerprint density at radius 3 is 2.84 bits per heavy atom. The molecule has 0 atom stereocenters. The minimum atomic E-state index is -0.481. The van der Waals surface area contributed by atoms with Crippen LogP contribution in [-0.4, -0.2) is 27.0 Å². The topological polar surface area (TPSA) is 75.8 Å². The minimum Gasteiger partial charge on any atom is -0.495 e. The molecule has 5 aromatic rings. The van der Waals surface area contributed by atoms with Crippen LogP contribution in [0.2, 0.25) is 5.02 Å². The Labute approximate surface area is 182 Å². The molecule has 0 aliphatic heterocycles. The summed E-state index contributed by atoms with van der Waals surface area (Å²) in [5, 5.41) is 1.33. The maximum Gasteiger partial charge on any atom is 0.165 e. The molecule has 156 valence electrons. The standard InChI is InChI=1S/C23H18ClFN4O2/c1-30-15-8-16-14(10-26-23(16)27-11-15)6-13-7-18(25)21(9-17(13)24)31-12-22-28-19-4-2-3-5-20(19)29-22/h2-5,7-11H,6,12H2,1H3,(H,26,27)(H,28,29). The Balaban J connectivity index is 1.36. The number of fused-ring (bicyclic) bond motifs is 2. The first-order valence-electron chi connectivity index (χ1n) is 9.65. The molecule has 0 unspecified atom stereocenters. The summed E-state index contributed by atoms with van der Waals surface area (Å²) in [4.78, 5) is 15.0. The van der Waals surface area contributed by atoms with Gasteiger partial charge in [-0.15, -0.1) is 0 Å². The molecule has 8 heteroatoms. The third kappa shape index (κ3) is 3.80. The highest BCUT2D eigenvalue weighted by Crippen LogP contribution is 2.31. The Morgan fingerprint density at radius 2 is 2.00 bits per heavy atom. The third-order valence-corrected chi connectivity index (χ3v) is 5.46. The van der Waals surface area contributed by atoms with Crippen LogP contribution in [0.1, 0.15) is 17.0 Å². The lowest BCUT2D eigenvalue weighted by Gasteiger charge is -2.10. The Morgan fingerprint density at radius 1 is 1.13 bits per heavy atom. The molecule has 0 saturated carbocycles. The van der Waals surface area contributed by atoms with Crippen molar-refractivity contribution in [2.75, 3.05) is 7.11 Å². The van der Waals surface area contributed by atoms with Gasteiger partial charge >= 0.3 is 0 Å². The number of aromatic nitrogens is 4. The largest absolute Gasteiger partial charge is 0.495 e. The molecule has 31 heavy (non-hydrogen) atoms. The van der Waals surface area contributed by atoms with Crippen molar-refractivity contribution in [3.8, 4) is 11.5 Å². The highest BCUT2D eigenvalue weighted by atomic mass is 35.5. The number of para-hydroxylation sites is 2. The molecule has 0 aliphatic carbocycles. The van der Waals surface area contributed by atoms with Crippen molar-refractivity contribution in [2.24, 2.45) is 0 Å². The van der Waals surface area contributed by atoms with E-state index in [9.17, 15) is 4.39 Å². The molecule has 3 heterocycles. The smallest absolute Gasteiger partial charge is 0.165 e. The van der Waals surface area contributed by atoms with Gasteiger partial charge in [-0.05, 0) is 35.4 Å². The molecule has 0 bridgehead atoms. The molecule has 0 amide bonds. The highest BCUT2D eigenvalue weighted by molar-refractivity contribution is 6.31. The first kappa shape index (κ1) is 19.4. The molecule has 0 radical (unpaired) electrons. The van der Waals surface area contributed by atoms with E-state index in [2.05, 4.69) is 19.9 Å². The van der Waals surface area contributed by atoms with E-state index < -0.39 is 5.82 Å². The monoisotopic (exact) mass is 436 g/mol. The van der Waals surface area contributed by atoms with Gasteiger partial charge in [0, 0.05) is 29.1 Å². The summed E-state index contributed by atoms with van der Waals surface area (Å²) in [6.45, 7) is 0.106. The zero-order chi connectivity index (χ0) is 21.4. The second-order valence-corrected chi connectivity index (χ2v) is 7.53. The molecular formula is C23H18ClFN4O2. The molecule has 6 nitrogen and oxygen atoms in total. The van der Waals surface area contributed by atoms with Gasteiger partial charge in [0.25, 0.3) is 0 Å². The second-order valence-electron chi connectivity index (χ2n) is 7.13. The lowest BCUT2D eigenvalue weighted by Crippen LogP contribution is -2.01. The fourth-order valence-corrected chi connectivity index (χ4v) is 3.76. The molecule has 3 aromatic heterocycles. The zero-order valence-corrected chi connectivity index (χ0v) is 17.3. The van der Waals surface area contributed by atoms with Gasteiger partial charge in [-0.25, -0.2) is 14.4 Å². The van der Waals surface area contributed by atoms with E-state index in [4.69, 9.17) is 21.1 Å². The number of hydrogen-bond acceptors (Lipinski definition) is 4. The number of halogens is 2. The van der Waals surface area contributed by atoms with Crippen LogP contribution in [0, 0.1) is 5.82 Å². The molecule has 0 fully saturated rings. The van der Waals surface area contributed by atoms with E-state index in [0.29, 0.717) is 28.6 Å². The number of hydrogen-bond donors (Lipinski definition) is 2. The SMILES string of the molecule is COc1cnc2[nH]cc(Cc3cc(F)c(OCc4nc5ccccc5[nH]4)cc3Cl)c2c1. The second kappa shape index (κ2) is 7.92. The number of ether oxygens (including phenoxy) is 2.